The predicted molar refractivity (Wildman–Crippen MR) is 69.7 cm³/mol. The zero-order chi connectivity index (χ0) is 11.2. The van der Waals surface area contributed by atoms with Crippen molar-refractivity contribution in [2.24, 2.45) is 5.92 Å². The summed E-state index contributed by atoms with van der Waals surface area (Å²) < 4.78 is 0. The maximum absolute atomic E-state index is 3.52. The second-order valence-corrected chi connectivity index (χ2v) is 4.87. The Morgan fingerprint density at radius 2 is 1.88 bits per heavy atom. The largest absolute Gasteiger partial charge is 0.316 e. The minimum Gasteiger partial charge on any atom is -0.316 e. The van der Waals surface area contributed by atoms with Crippen molar-refractivity contribution in [3.63, 3.8) is 0 Å². The SMILES string of the molecule is CCNCC(c1ccccc1)C1CCCC1. The molecule has 1 nitrogen and oxygen atoms in total. The van der Waals surface area contributed by atoms with Crippen LogP contribution in [0.2, 0.25) is 0 Å². The number of nitrogens with one attached hydrogen (secondary N) is 1. The summed E-state index contributed by atoms with van der Waals surface area (Å²) in [5.41, 5.74) is 1.52. The number of hydrogen-bond donors (Lipinski definition) is 1. The summed E-state index contributed by atoms with van der Waals surface area (Å²) in [7, 11) is 0. The quantitative estimate of drug-likeness (QED) is 0.795. The highest BCUT2D eigenvalue weighted by Gasteiger charge is 2.25. The van der Waals surface area contributed by atoms with Gasteiger partial charge in [-0.3, -0.25) is 0 Å². The Hall–Kier alpha value is -0.820. The second kappa shape index (κ2) is 6.05. The van der Waals surface area contributed by atoms with Crippen molar-refractivity contribution in [3.05, 3.63) is 35.9 Å². The first-order chi connectivity index (χ1) is 7.92. The lowest BCUT2D eigenvalue weighted by Gasteiger charge is -2.24. The van der Waals surface area contributed by atoms with Gasteiger partial charge in [0.25, 0.3) is 0 Å². The zero-order valence-electron chi connectivity index (χ0n) is 10.3. The van der Waals surface area contributed by atoms with Crippen LogP contribution in [0, 0.1) is 5.92 Å². The Labute approximate surface area is 99.3 Å². The van der Waals surface area contributed by atoms with E-state index in [4.69, 9.17) is 0 Å². The number of hydrogen-bond acceptors (Lipinski definition) is 1. The van der Waals surface area contributed by atoms with Crippen molar-refractivity contribution >= 4 is 0 Å². The van der Waals surface area contributed by atoms with Crippen LogP contribution in [0.5, 0.6) is 0 Å². The summed E-state index contributed by atoms with van der Waals surface area (Å²) in [6.45, 7) is 4.41. The molecule has 1 aromatic carbocycles. The van der Waals surface area contributed by atoms with E-state index in [2.05, 4.69) is 42.6 Å². The highest BCUT2D eigenvalue weighted by Crippen LogP contribution is 2.36. The Balaban J connectivity index is 2.07. The molecule has 0 aliphatic heterocycles. The lowest BCUT2D eigenvalue weighted by Crippen LogP contribution is -2.25. The Kier molecular flexibility index (Phi) is 4.41. The molecule has 0 saturated heterocycles. The first-order valence-electron chi connectivity index (χ1n) is 6.67. The van der Waals surface area contributed by atoms with Gasteiger partial charge in [-0.15, -0.1) is 0 Å². The van der Waals surface area contributed by atoms with Crippen LogP contribution in [0.15, 0.2) is 30.3 Å². The lowest BCUT2D eigenvalue weighted by atomic mass is 9.85. The van der Waals surface area contributed by atoms with Crippen LogP contribution in [0.25, 0.3) is 0 Å². The van der Waals surface area contributed by atoms with E-state index < -0.39 is 0 Å². The second-order valence-electron chi connectivity index (χ2n) is 4.87. The minimum atomic E-state index is 0.726. The molecule has 1 fully saturated rings. The number of benzene rings is 1. The van der Waals surface area contributed by atoms with Crippen molar-refractivity contribution in [1.29, 1.82) is 0 Å². The highest BCUT2D eigenvalue weighted by molar-refractivity contribution is 5.21. The van der Waals surface area contributed by atoms with Crippen molar-refractivity contribution in [2.75, 3.05) is 13.1 Å². The van der Waals surface area contributed by atoms with Gasteiger partial charge in [0, 0.05) is 6.54 Å². The molecule has 1 aliphatic carbocycles. The summed E-state index contributed by atoms with van der Waals surface area (Å²) in [5.74, 6) is 1.63. The Bertz CT molecular complexity index is 288. The van der Waals surface area contributed by atoms with Gasteiger partial charge in [-0.2, -0.15) is 0 Å². The van der Waals surface area contributed by atoms with E-state index in [1.54, 1.807) is 0 Å². The van der Waals surface area contributed by atoms with Crippen LogP contribution in [-0.2, 0) is 0 Å². The van der Waals surface area contributed by atoms with Crippen LogP contribution < -0.4 is 5.32 Å². The van der Waals surface area contributed by atoms with Gasteiger partial charge in [0.2, 0.25) is 0 Å². The van der Waals surface area contributed by atoms with E-state index in [0.29, 0.717) is 0 Å². The van der Waals surface area contributed by atoms with E-state index in [1.165, 1.54) is 31.2 Å². The summed E-state index contributed by atoms with van der Waals surface area (Å²) >= 11 is 0. The summed E-state index contributed by atoms with van der Waals surface area (Å²) in [6.07, 6.45) is 5.70. The highest BCUT2D eigenvalue weighted by atomic mass is 14.8. The smallest absolute Gasteiger partial charge is 0.00227 e. The third kappa shape index (κ3) is 2.85. The first kappa shape index (κ1) is 11.7. The Morgan fingerprint density at radius 1 is 1.19 bits per heavy atom. The lowest BCUT2D eigenvalue weighted by molar-refractivity contribution is 0.414. The number of likely N-dealkylation sites (N-methyl/N-ethyl adjacent to an activating group) is 1. The zero-order valence-corrected chi connectivity index (χ0v) is 10.3. The molecule has 16 heavy (non-hydrogen) atoms. The summed E-state index contributed by atoms with van der Waals surface area (Å²) in [5, 5.41) is 3.52. The fourth-order valence-electron chi connectivity index (χ4n) is 2.92. The molecule has 1 aliphatic rings. The molecule has 0 aromatic heterocycles. The molecular formula is C15H23N. The van der Waals surface area contributed by atoms with Gasteiger partial charge in [0.15, 0.2) is 0 Å². The molecule has 0 radical (unpaired) electrons. The third-order valence-corrected chi connectivity index (χ3v) is 3.81. The average Bonchev–Trinajstić information content (AvgIpc) is 2.85. The van der Waals surface area contributed by atoms with Crippen LogP contribution in [-0.4, -0.2) is 13.1 Å². The van der Waals surface area contributed by atoms with Gasteiger partial charge in [0.05, 0.1) is 0 Å². The van der Waals surface area contributed by atoms with Crippen LogP contribution in [0.4, 0.5) is 0 Å². The third-order valence-electron chi connectivity index (χ3n) is 3.81. The molecule has 1 atom stereocenters. The summed E-state index contributed by atoms with van der Waals surface area (Å²) in [4.78, 5) is 0. The van der Waals surface area contributed by atoms with Gasteiger partial charge >= 0.3 is 0 Å². The number of rotatable bonds is 5. The molecule has 88 valence electrons. The van der Waals surface area contributed by atoms with Gasteiger partial charge in [0.1, 0.15) is 0 Å². The van der Waals surface area contributed by atoms with Crippen molar-refractivity contribution in [2.45, 2.75) is 38.5 Å². The van der Waals surface area contributed by atoms with Crippen molar-refractivity contribution in [3.8, 4) is 0 Å². The fraction of sp³-hybridized carbons (Fsp3) is 0.600. The molecule has 0 amide bonds. The molecule has 0 spiro atoms. The molecule has 2 rings (SSSR count). The van der Waals surface area contributed by atoms with E-state index in [1.807, 2.05) is 0 Å². The molecule has 1 aromatic rings. The van der Waals surface area contributed by atoms with Gasteiger partial charge in [-0.1, -0.05) is 50.1 Å². The molecule has 0 heterocycles. The van der Waals surface area contributed by atoms with Gasteiger partial charge in [-0.05, 0) is 36.8 Å². The maximum atomic E-state index is 3.52. The normalized spacial score (nSPS) is 18.8. The molecule has 1 heteroatoms. The van der Waals surface area contributed by atoms with E-state index in [9.17, 15) is 0 Å². The first-order valence-corrected chi connectivity index (χ1v) is 6.67. The Morgan fingerprint density at radius 3 is 2.50 bits per heavy atom. The van der Waals surface area contributed by atoms with Gasteiger partial charge < -0.3 is 5.32 Å². The molecular weight excluding hydrogens is 194 g/mol. The molecule has 1 saturated carbocycles. The van der Waals surface area contributed by atoms with Crippen molar-refractivity contribution < 1.29 is 0 Å². The standard InChI is InChI=1S/C15H23N/c1-2-16-12-15(14-10-6-7-11-14)13-8-4-3-5-9-13/h3-5,8-9,14-16H,2,6-7,10-12H2,1H3. The van der Waals surface area contributed by atoms with E-state index >= 15 is 0 Å². The minimum absolute atomic E-state index is 0.726. The van der Waals surface area contributed by atoms with E-state index in [0.717, 1.165) is 24.9 Å². The average molecular weight is 217 g/mol. The van der Waals surface area contributed by atoms with E-state index in [-0.39, 0.29) is 0 Å². The topological polar surface area (TPSA) is 12.0 Å². The monoisotopic (exact) mass is 217 g/mol. The molecule has 1 unspecified atom stereocenters. The van der Waals surface area contributed by atoms with Crippen molar-refractivity contribution in [1.82, 2.24) is 5.32 Å². The molecule has 1 N–H and O–H groups in total. The van der Waals surface area contributed by atoms with Crippen LogP contribution in [0.3, 0.4) is 0 Å². The molecule has 0 bridgehead atoms. The van der Waals surface area contributed by atoms with Crippen LogP contribution in [0.1, 0.15) is 44.1 Å². The maximum Gasteiger partial charge on any atom is 0.00227 e. The fourth-order valence-corrected chi connectivity index (χ4v) is 2.92. The predicted octanol–water partition coefficient (Wildman–Crippen LogP) is 3.57. The summed E-state index contributed by atoms with van der Waals surface area (Å²) in [6, 6.07) is 11.0. The van der Waals surface area contributed by atoms with Gasteiger partial charge in [-0.25, -0.2) is 0 Å². The van der Waals surface area contributed by atoms with Crippen LogP contribution >= 0.6 is 0 Å².